The first-order valence-corrected chi connectivity index (χ1v) is 8.18. The molecule has 0 radical (unpaired) electrons. The molecule has 0 saturated carbocycles. The zero-order valence-corrected chi connectivity index (χ0v) is 16.5. The van der Waals surface area contributed by atoms with E-state index in [4.69, 9.17) is 0 Å². The Morgan fingerprint density at radius 2 is 2.04 bits per heavy atom. The van der Waals surface area contributed by atoms with E-state index in [2.05, 4.69) is 61.6 Å². The minimum atomic E-state index is 0. The maximum Gasteiger partial charge on any atom is 0.191 e. The molecule has 1 aliphatic rings. The molecule has 0 amide bonds. The summed E-state index contributed by atoms with van der Waals surface area (Å²) < 4.78 is 2.20. The fourth-order valence-electron chi connectivity index (χ4n) is 2.87. The van der Waals surface area contributed by atoms with Crippen molar-refractivity contribution in [3.8, 4) is 0 Å². The number of halogens is 1. The number of rotatable bonds is 5. The van der Waals surface area contributed by atoms with Crippen LogP contribution in [0.2, 0.25) is 0 Å². The summed E-state index contributed by atoms with van der Waals surface area (Å²) in [5.41, 5.74) is 1.32. The van der Waals surface area contributed by atoms with Crippen molar-refractivity contribution >= 4 is 29.9 Å². The molecule has 1 aliphatic heterocycles. The van der Waals surface area contributed by atoms with E-state index in [0.29, 0.717) is 12.5 Å². The predicted molar refractivity (Wildman–Crippen MR) is 107 cm³/mol. The molecular weight excluding hydrogens is 415 g/mol. The van der Waals surface area contributed by atoms with Crippen LogP contribution in [0.25, 0.3) is 0 Å². The van der Waals surface area contributed by atoms with Crippen LogP contribution in [0.15, 0.2) is 35.3 Å². The Morgan fingerprint density at radius 1 is 1.25 bits per heavy atom. The number of benzene rings is 1. The van der Waals surface area contributed by atoms with Crippen LogP contribution in [-0.4, -0.2) is 34.3 Å². The van der Waals surface area contributed by atoms with E-state index in [1.54, 1.807) is 7.05 Å². The quantitative estimate of drug-likeness (QED) is 0.426. The Morgan fingerprint density at radius 3 is 2.79 bits per heavy atom. The highest BCUT2D eigenvalue weighted by Crippen LogP contribution is 2.14. The van der Waals surface area contributed by atoms with Crippen molar-refractivity contribution in [2.24, 2.45) is 4.99 Å². The van der Waals surface area contributed by atoms with Crippen LogP contribution >= 0.6 is 24.0 Å². The van der Waals surface area contributed by atoms with Crippen molar-refractivity contribution in [3.63, 3.8) is 0 Å². The molecule has 0 saturated heterocycles. The molecule has 130 valence electrons. The zero-order chi connectivity index (χ0) is 16.1. The first-order chi connectivity index (χ1) is 11.3. The third-order valence-electron chi connectivity index (χ3n) is 4.27. The first kappa shape index (κ1) is 18.7. The minimum absolute atomic E-state index is 0. The summed E-state index contributed by atoms with van der Waals surface area (Å²) in [5, 5.41) is 15.2. The van der Waals surface area contributed by atoms with Gasteiger partial charge in [0.25, 0.3) is 0 Å². The lowest BCUT2D eigenvalue weighted by atomic mass is 10.0. The second-order valence-electron chi connectivity index (χ2n) is 5.91. The van der Waals surface area contributed by atoms with E-state index < -0.39 is 0 Å². The van der Waals surface area contributed by atoms with Gasteiger partial charge in [0.1, 0.15) is 5.82 Å². The maximum atomic E-state index is 4.28. The highest BCUT2D eigenvalue weighted by atomic mass is 127. The molecule has 2 heterocycles. The smallest absolute Gasteiger partial charge is 0.191 e. The molecule has 2 N–H and O–H groups in total. The van der Waals surface area contributed by atoms with Gasteiger partial charge in [0.2, 0.25) is 0 Å². The topological polar surface area (TPSA) is 67.1 Å². The van der Waals surface area contributed by atoms with Crippen molar-refractivity contribution < 1.29 is 0 Å². The number of fused-ring (bicyclic) bond motifs is 1. The Kier molecular flexibility index (Phi) is 7.01. The van der Waals surface area contributed by atoms with Crippen LogP contribution in [0.3, 0.4) is 0 Å². The molecule has 1 unspecified atom stereocenters. The van der Waals surface area contributed by atoms with E-state index in [-0.39, 0.29) is 24.0 Å². The molecule has 0 fully saturated rings. The van der Waals surface area contributed by atoms with E-state index in [1.165, 1.54) is 12.0 Å². The van der Waals surface area contributed by atoms with Crippen LogP contribution in [0.1, 0.15) is 36.5 Å². The molecule has 7 heteroatoms. The van der Waals surface area contributed by atoms with Crippen molar-refractivity contribution in [1.82, 2.24) is 25.4 Å². The van der Waals surface area contributed by atoms with E-state index in [1.807, 2.05) is 6.07 Å². The number of hydrogen-bond donors (Lipinski definition) is 2. The summed E-state index contributed by atoms with van der Waals surface area (Å²) in [6.07, 6.45) is 2.20. The van der Waals surface area contributed by atoms with Gasteiger partial charge in [-0.2, -0.15) is 0 Å². The van der Waals surface area contributed by atoms with Crippen LogP contribution < -0.4 is 10.6 Å². The van der Waals surface area contributed by atoms with Gasteiger partial charge in [-0.15, -0.1) is 34.2 Å². The lowest BCUT2D eigenvalue weighted by Gasteiger charge is -2.16. The zero-order valence-electron chi connectivity index (χ0n) is 14.2. The summed E-state index contributed by atoms with van der Waals surface area (Å²) in [6.45, 7) is 4.71. The highest BCUT2D eigenvalue weighted by Gasteiger charge is 2.17. The molecular formula is C17H25IN6. The normalized spacial score (nSPS) is 14.7. The Hall–Kier alpha value is -1.64. The number of nitrogens with one attached hydrogen (secondary N) is 2. The van der Waals surface area contributed by atoms with Gasteiger partial charge < -0.3 is 15.2 Å². The van der Waals surface area contributed by atoms with Crippen molar-refractivity contribution in [2.75, 3.05) is 13.6 Å². The molecule has 0 spiro atoms. The predicted octanol–water partition coefficient (Wildman–Crippen LogP) is 2.31. The van der Waals surface area contributed by atoms with Gasteiger partial charge in [-0.3, -0.25) is 4.99 Å². The number of nitrogens with zero attached hydrogens (tertiary/aromatic N) is 4. The number of guanidine groups is 1. The van der Waals surface area contributed by atoms with E-state index in [0.717, 1.165) is 37.1 Å². The Labute approximate surface area is 160 Å². The summed E-state index contributed by atoms with van der Waals surface area (Å²) >= 11 is 0. The third kappa shape index (κ3) is 4.46. The molecule has 3 rings (SSSR count). The molecule has 24 heavy (non-hydrogen) atoms. The number of aliphatic imine (C=N–C) groups is 1. The van der Waals surface area contributed by atoms with Crippen molar-refractivity contribution in [1.29, 1.82) is 0 Å². The second kappa shape index (κ2) is 9.00. The van der Waals surface area contributed by atoms with Crippen molar-refractivity contribution in [3.05, 3.63) is 47.5 Å². The molecule has 0 bridgehead atoms. The van der Waals surface area contributed by atoms with E-state index >= 15 is 0 Å². The number of aryl methyl sites for hydroxylation is 1. The van der Waals surface area contributed by atoms with E-state index in [9.17, 15) is 0 Å². The fourth-order valence-corrected chi connectivity index (χ4v) is 2.87. The first-order valence-electron chi connectivity index (χ1n) is 8.18. The molecule has 1 aromatic carbocycles. The third-order valence-corrected chi connectivity index (χ3v) is 4.27. The molecule has 1 aromatic heterocycles. The van der Waals surface area contributed by atoms with Gasteiger partial charge in [0, 0.05) is 26.6 Å². The minimum Gasteiger partial charge on any atom is -0.356 e. The monoisotopic (exact) mass is 440 g/mol. The van der Waals surface area contributed by atoms with Gasteiger partial charge in [-0.1, -0.05) is 37.3 Å². The number of hydrogen-bond acceptors (Lipinski definition) is 3. The second-order valence-corrected chi connectivity index (χ2v) is 5.91. The average Bonchev–Trinajstić information content (AvgIpc) is 3.20. The van der Waals surface area contributed by atoms with Gasteiger partial charge in [-0.05, 0) is 17.9 Å². The molecule has 0 aliphatic carbocycles. The molecule has 1 atom stereocenters. The van der Waals surface area contributed by atoms with Crippen LogP contribution in [0.5, 0.6) is 0 Å². The molecule has 6 nitrogen and oxygen atoms in total. The number of aromatic nitrogens is 3. The summed E-state index contributed by atoms with van der Waals surface area (Å²) in [4.78, 5) is 4.28. The van der Waals surface area contributed by atoms with Gasteiger partial charge >= 0.3 is 0 Å². The van der Waals surface area contributed by atoms with Gasteiger partial charge in [0.15, 0.2) is 11.8 Å². The Bertz CT molecular complexity index is 667. The van der Waals surface area contributed by atoms with Gasteiger partial charge in [-0.25, -0.2) is 0 Å². The summed E-state index contributed by atoms with van der Waals surface area (Å²) in [7, 11) is 1.79. The lowest BCUT2D eigenvalue weighted by Crippen LogP contribution is -2.39. The van der Waals surface area contributed by atoms with Crippen molar-refractivity contribution in [2.45, 2.75) is 38.8 Å². The molecule has 2 aromatic rings. The maximum absolute atomic E-state index is 4.28. The Balaban J connectivity index is 0.00000208. The van der Waals surface area contributed by atoms with Crippen LogP contribution in [0.4, 0.5) is 0 Å². The summed E-state index contributed by atoms with van der Waals surface area (Å²) in [5.74, 6) is 3.30. The fraction of sp³-hybridized carbons (Fsp3) is 0.471. The van der Waals surface area contributed by atoms with Gasteiger partial charge in [0.05, 0.1) is 6.54 Å². The average molecular weight is 440 g/mol. The SMILES string of the molecule is CN=C(NCc1nnc2n1CCC2)NCC(C)c1ccccc1.I. The lowest BCUT2D eigenvalue weighted by molar-refractivity contribution is 0.654. The largest absolute Gasteiger partial charge is 0.356 e. The van der Waals surface area contributed by atoms with Crippen LogP contribution in [0, 0.1) is 0 Å². The summed E-state index contributed by atoms with van der Waals surface area (Å²) in [6, 6.07) is 10.5. The van der Waals surface area contributed by atoms with Crippen LogP contribution in [-0.2, 0) is 19.5 Å². The highest BCUT2D eigenvalue weighted by molar-refractivity contribution is 14.0. The standard InChI is InChI=1S/C17H24N6.HI/c1-13(14-7-4-3-5-8-14)11-19-17(18-2)20-12-16-22-21-15-9-6-10-23(15)16;/h3-5,7-8,13H,6,9-12H2,1-2H3,(H2,18,19,20);1H.